The number of carbonyl (C=O) groups is 1. The van der Waals surface area contributed by atoms with Gasteiger partial charge in [-0.25, -0.2) is 0 Å². The molecule has 2 aromatic heterocycles. The van der Waals surface area contributed by atoms with Gasteiger partial charge in [-0.1, -0.05) is 16.1 Å². The fraction of sp³-hybridized carbons (Fsp3) is 0.125. The first-order valence-electron chi connectivity index (χ1n) is 3.79. The molecule has 0 amide bonds. The smallest absolute Gasteiger partial charge is 0.188 e. The third-order valence-electron chi connectivity index (χ3n) is 1.63. The molecule has 0 spiro atoms. The van der Waals surface area contributed by atoms with E-state index in [1.807, 2.05) is 5.38 Å². The normalized spacial score (nSPS) is 10.4. The fourth-order valence-electron chi connectivity index (χ4n) is 1.00. The van der Waals surface area contributed by atoms with Crippen LogP contribution >= 0.6 is 34.5 Å². The summed E-state index contributed by atoms with van der Waals surface area (Å²) in [6.07, 6.45) is 0.342. The van der Waals surface area contributed by atoms with Crippen molar-refractivity contribution in [2.75, 3.05) is 0 Å². The zero-order valence-corrected chi connectivity index (χ0v) is 9.33. The van der Waals surface area contributed by atoms with Crippen LogP contribution in [0, 0.1) is 0 Å². The van der Waals surface area contributed by atoms with Crippen molar-refractivity contribution >= 4 is 40.3 Å². The van der Waals surface area contributed by atoms with Crippen LogP contribution in [0.1, 0.15) is 16.1 Å². The average Bonchev–Trinajstić information content (AvgIpc) is 2.75. The Morgan fingerprint density at radius 2 is 2.36 bits per heavy atom. The van der Waals surface area contributed by atoms with E-state index in [9.17, 15) is 4.79 Å². The maximum absolute atomic E-state index is 11.6. The molecule has 6 heteroatoms. The standard InChI is InChI=1S/C8H5ClN2OS2/c9-8-2-5(3-13-8)1-7(12)6-4-14-11-10-6/h2-4H,1H2. The first-order valence-corrected chi connectivity index (χ1v) is 5.88. The van der Waals surface area contributed by atoms with E-state index >= 15 is 0 Å². The molecule has 0 unspecified atom stereocenters. The van der Waals surface area contributed by atoms with Crippen LogP contribution in [-0.2, 0) is 6.42 Å². The quantitative estimate of drug-likeness (QED) is 0.780. The number of hydrogen-bond acceptors (Lipinski definition) is 5. The van der Waals surface area contributed by atoms with E-state index in [0.717, 1.165) is 5.56 Å². The van der Waals surface area contributed by atoms with Crippen molar-refractivity contribution in [3.8, 4) is 0 Å². The minimum Gasteiger partial charge on any atom is -0.292 e. The minimum absolute atomic E-state index is 0.0202. The first kappa shape index (κ1) is 9.76. The highest BCUT2D eigenvalue weighted by Crippen LogP contribution is 2.20. The van der Waals surface area contributed by atoms with Crippen LogP contribution in [-0.4, -0.2) is 15.4 Å². The van der Waals surface area contributed by atoms with E-state index in [2.05, 4.69) is 9.59 Å². The van der Waals surface area contributed by atoms with E-state index in [4.69, 9.17) is 11.6 Å². The molecule has 0 N–H and O–H groups in total. The van der Waals surface area contributed by atoms with E-state index in [-0.39, 0.29) is 5.78 Å². The molecule has 14 heavy (non-hydrogen) atoms. The summed E-state index contributed by atoms with van der Waals surface area (Å²) < 4.78 is 4.34. The Labute approximate surface area is 93.5 Å². The maximum Gasteiger partial charge on any atom is 0.188 e. The molecule has 3 nitrogen and oxygen atoms in total. The van der Waals surface area contributed by atoms with Gasteiger partial charge in [-0.15, -0.1) is 16.4 Å². The molecule has 0 radical (unpaired) electrons. The monoisotopic (exact) mass is 244 g/mol. The van der Waals surface area contributed by atoms with Gasteiger partial charge in [0.25, 0.3) is 0 Å². The van der Waals surface area contributed by atoms with Crippen LogP contribution in [0.25, 0.3) is 0 Å². The van der Waals surface area contributed by atoms with Crippen molar-refractivity contribution < 1.29 is 4.79 Å². The van der Waals surface area contributed by atoms with Gasteiger partial charge in [-0.3, -0.25) is 4.79 Å². The Hall–Kier alpha value is -0.780. The lowest BCUT2D eigenvalue weighted by molar-refractivity contribution is 0.0988. The molecule has 0 bridgehead atoms. The van der Waals surface area contributed by atoms with Gasteiger partial charge in [-0.2, -0.15) is 0 Å². The molecule has 0 aromatic carbocycles. The Balaban J connectivity index is 2.09. The second-order valence-electron chi connectivity index (χ2n) is 2.65. The van der Waals surface area contributed by atoms with Crippen molar-refractivity contribution in [3.63, 3.8) is 0 Å². The van der Waals surface area contributed by atoms with Crippen LogP contribution < -0.4 is 0 Å². The average molecular weight is 245 g/mol. The van der Waals surface area contributed by atoms with Gasteiger partial charge in [0.2, 0.25) is 0 Å². The molecular weight excluding hydrogens is 240 g/mol. The summed E-state index contributed by atoms with van der Waals surface area (Å²) in [5.74, 6) is -0.0202. The fourth-order valence-corrected chi connectivity index (χ4v) is 2.37. The van der Waals surface area contributed by atoms with E-state index in [1.165, 1.54) is 22.9 Å². The summed E-state index contributed by atoms with van der Waals surface area (Å²) in [6, 6.07) is 1.80. The highest BCUT2D eigenvalue weighted by atomic mass is 35.5. The second-order valence-corrected chi connectivity index (χ2v) is 4.80. The molecule has 72 valence electrons. The van der Waals surface area contributed by atoms with E-state index < -0.39 is 0 Å². The molecule has 2 heterocycles. The lowest BCUT2D eigenvalue weighted by atomic mass is 10.1. The van der Waals surface area contributed by atoms with Crippen molar-refractivity contribution in [1.29, 1.82) is 0 Å². The van der Waals surface area contributed by atoms with Gasteiger partial charge in [0.15, 0.2) is 5.78 Å². The number of Topliss-reactive ketones (excluding diaryl/α,β-unsaturated/α-hetero) is 1. The van der Waals surface area contributed by atoms with E-state index in [0.29, 0.717) is 16.5 Å². The van der Waals surface area contributed by atoms with Crippen molar-refractivity contribution in [2.24, 2.45) is 0 Å². The number of ketones is 1. The number of aromatic nitrogens is 2. The molecule has 0 saturated carbocycles. The summed E-state index contributed by atoms with van der Waals surface area (Å²) in [5, 5.41) is 7.23. The van der Waals surface area contributed by atoms with Crippen LogP contribution in [0.3, 0.4) is 0 Å². The molecule has 0 atom stereocenters. The first-order chi connectivity index (χ1) is 6.75. The minimum atomic E-state index is -0.0202. The summed E-state index contributed by atoms with van der Waals surface area (Å²) >= 11 is 8.35. The summed E-state index contributed by atoms with van der Waals surface area (Å²) in [6.45, 7) is 0. The number of nitrogens with zero attached hydrogens (tertiary/aromatic N) is 2. The lowest BCUT2D eigenvalue weighted by Gasteiger charge is -1.92. The number of halogens is 1. The Bertz CT molecular complexity index is 438. The topological polar surface area (TPSA) is 42.9 Å². The SMILES string of the molecule is O=C(Cc1csc(Cl)c1)c1csnn1. The molecule has 0 aliphatic carbocycles. The van der Waals surface area contributed by atoms with E-state index in [1.54, 1.807) is 11.4 Å². The predicted molar refractivity (Wildman–Crippen MR) is 57.3 cm³/mol. The van der Waals surface area contributed by atoms with Gasteiger partial charge < -0.3 is 0 Å². The summed E-state index contributed by atoms with van der Waals surface area (Å²) in [4.78, 5) is 11.6. The van der Waals surface area contributed by atoms with Crippen molar-refractivity contribution in [1.82, 2.24) is 9.59 Å². The summed E-state index contributed by atoms with van der Waals surface area (Å²) in [7, 11) is 0. The zero-order chi connectivity index (χ0) is 9.97. The zero-order valence-electron chi connectivity index (χ0n) is 6.94. The maximum atomic E-state index is 11.6. The highest BCUT2D eigenvalue weighted by Gasteiger charge is 2.10. The van der Waals surface area contributed by atoms with Crippen LogP contribution in [0.2, 0.25) is 4.34 Å². The highest BCUT2D eigenvalue weighted by molar-refractivity contribution is 7.14. The molecule has 2 aromatic rings. The third kappa shape index (κ3) is 2.17. The number of carbonyl (C=O) groups excluding carboxylic acids is 1. The number of rotatable bonds is 3. The van der Waals surface area contributed by atoms with Gasteiger partial charge in [0, 0.05) is 11.8 Å². The largest absolute Gasteiger partial charge is 0.292 e. The van der Waals surface area contributed by atoms with Gasteiger partial charge in [0.1, 0.15) is 5.69 Å². The Morgan fingerprint density at radius 1 is 1.50 bits per heavy atom. The van der Waals surface area contributed by atoms with Crippen LogP contribution in [0.5, 0.6) is 0 Å². The molecule has 2 rings (SSSR count). The number of thiophene rings is 1. The number of hydrogen-bond donors (Lipinski definition) is 0. The van der Waals surface area contributed by atoms with Gasteiger partial charge in [0.05, 0.1) is 4.34 Å². The molecular formula is C8H5ClN2OS2. The van der Waals surface area contributed by atoms with Crippen molar-refractivity contribution in [2.45, 2.75) is 6.42 Å². The lowest BCUT2D eigenvalue weighted by Crippen LogP contribution is -2.02. The molecule has 0 fully saturated rings. The predicted octanol–water partition coefficient (Wildman–Crippen LogP) is 2.68. The third-order valence-corrected chi connectivity index (χ3v) is 3.28. The molecule has 0 saturated heterocycles. The molecule has 0 aliphatic heterocycles. The van der Waals surface area contributed by atoms with Gasteiger partial charge in [-0.05, 0) is 28.5 Å². The Morgan fingerprint density at radius 3 is 2.93 bits per heavy atom. The van der Waals surface area contributed by atoms with Crippen LogP contribution in [0.15, 0.2) is 16.8 Å². The molecule has 0 aliphatic rings. The second kappa shape index (κ2) is 4.16. The Kier molecular flexibility index (Phi) is 2.90. The summed E-state index contributed by atoms with van der Waals surface area (Å²) in [5.41, 5.74) is 1.36. The van der Waals surface area contributed by atoms with Crippen molar-refractivity contribution in [3.05, 3.63) is 32.4 Å². The van der Waals surface area contributed by atoms with Gasteiger partial charge >= 0.3 is 0 Å². The van der Waals surface area contributed by atoms with Crippen LogP contribution in [0.4, 0.5) is 0 Å².